The van der Waals surface area contributed by atoms with Crippen molar-refractivity contribution in [2.75, 3.05) is 49.2 Å². The van der Waals surface area contributed by atoms with Gasteiger partial charge < -0.3 is 49.5 Å². The molecule has 18 heteroatoms. The van der Waals surface area contributed by atoms with Gasteiger partial charge in [-0.1, -0.05) is 19.9 Å². The molecule has 304 valence electrons. The van der Waals surface area contributed by atoms with Crippen molar-refractivity contribution in [3.8, 4) is 23.0 Å². The van der Waals surface area contributed by atoms with E-state index < -0.39 is 78.6 Å². The van der Waals surface area contributed by atoms with Crippen molar-refractivity contribution in [1.29, 1.82) is 0 Å². The van der Waals surface area contributed by atoms with Crippen LogP contribution in [0.3, 0.4) is 0 Å². The number of carbonyl (C=O) groups excluding carboxylic acids is 2. The number of rotatable bonds is 18. The standard InChI is InChI=1S/C40H36F2N2O14/c1-20-4-5-28(43(15-35(48)49)16-36(50)51)33(8-20)56-6-7-57-34-11-23(32(58-19-45)14-29(34)44(17-37(52)53)18-38(54)55)39-21-9-26(41)30(46)12-24(21)40(2,3)25-13-31(47)27(42)10-22(25)39/h4-5,8-14,19,46H,6-7,15-18H2,1-3H3,(H,48,49)(H,50,51)(H,52,53)(H,54,55). The number of ether oxygens (including phenoxy) is 3. The van der Waals surface area contributed by atoms with E-state index in [1.54, 1.807) is 26.8 Å². The Morgan fingerprint density at radius 1 is 0.741 bits per heavy atom. The molecule has 0 saturated heterocycles. The molecule has 0 aliphatic heterocycles. The first kappa shape index (κ1) is 41.9. The monoisotopic (exact) mass is 806 g/mol. The van der Waals surface area contributed by atoms with Gasteiger partial charge in [-0.2, -0.15) is 0 Å². The molecule has 0 radical (unpaired) electrons. The first-order valence-electron chi connectivity index (χ1n) is 17.3. The fourth-order valence-electron chi connectivity index (χ4n) is 6.81. The number of aromatic hydroxyl groups is 1. The zero-order valence-corrected chi connectivity index (χ0v) is 31.1. The number of hydrogen-bond acceptors (Lipinski definition) is 12. The SMILES string of the molecule is Cc1ccc(N(CC(=O)O)CC(=O)O)c(OCCOc2cc(C3=C4C=C(F)C(=O)C=C4C(C)(C)c4cc(O)c(F)cc43)c(OC=O)cc2N(CC(=O)O)CC(=O)O)c1. The van der Waals surface area contributed by atoms with E-state index in [1.807, 2.05) is 0 Å². The van der Waals surface area contributed by atoms with E-state index in [0.717, 1.165) is 40.2 Å². The van der Waals surface area contributed by atoms with Crippen molar-refractivity contribution in [2.24, 2.45) is 0 Å². The number of fused-ring (bicyclic) bond motifs is 2. The summed E-state index contributed by atoms with van der Waals surface area (Å²) < 4.78 is 47.7. The Kier molecular flexibility index (Phi) is 12.2. The molecule has 0 heterocycles. The summed E-state index contributed by atoms with van der Waals surface area (Å²) in [5.74, 6) is -9.97. The van der Waals surface area contributed by atoms with Gasteiger partial charge in [0.05, 0.1) is 11.4 Å². The van der Waals surface area contributed by atoms with Crippen LogP contribution in [-0.4, -0.2) is 101 Å². The molecule has 3 aromatic carbocycles. The number of carbonyl (C=O) groups is 6. The second-order valence-corrected chi connectivity index (χ2v) is 13.7. The van der Waals surface area contributed by atoms with Crippen LogP contribution in [0, 0.1) is 12.7 Å². The highest BCUT2D eigenvalue weighted by Gasteiger charge is 2.41. The zero-order valence-electron chi connectivity index (χ0n) is 31.1. The smallest absolute Gasteiger partial charge is 0.323 e. The number of halogens is 2. The van der Waals surface area contributed by atoms with Crippen LogP contribution in [0.25, 0.3) is 5.57 Å². The van der Waals surface area contributed by atoms with Crippen LogP contribution in [0.15, 0.2) is 71.6 Å². The normalized spacial score (nSPS) is 14.0. The molecule has 0 fully saturated rings. The number of ketones is 1. The van der Waals surface area contributed by atoms with E-state index in [1.165, 1.54) is 18.2 Å². The van der Waals surface area contributed by atoms with Gasteiger partial charge in [0.1, 0.15) is 56.6 Å². The van der Waals surface area contributed by atoms with Gasteiger partial charge in [0.25, 0.3) is 6.47 Å². The van der Waals surface area contributed by atoms with Crippen molar-refractivity contribution in [3.63, 3.8) is 0 Å². The van der Waals surface area contributed by atoms with E-state index in [4.69, 9.17) is 14.2 Å². The summed E-state index contributed by atoms with van der Waals surface area (Å²) in [4.78, 5) is 73.5. The topological polar surface area (TPSA) is 238 Å². The van der Waals surface area contributed by atoms with Crippen LogP contribution in [0.5, 0.6) is 23.0 Å². The molecule has 0 unspecified atom stereocenters. The quantitative estimate of drug-likeness (QED) is 0.0893. The fourth-order valence-corrected chi connectivity index (χ4v) is 6.81. The molecule has 0 amide bonds. The summed E-state index contributed by atoms with van der Waals surface area (Å²) in [5.41, 5.74) is 0.0245. The molecular formula is C40H36F2N2O14. The number of allylic oxidation sites excluding steroid dienone is 5. The van der Waals surface area contributed by atoms with Crippen LogP contribution < -0.4 is 24.0 Å². The molecule has 16 nitrogen and oxygen atoms in total. The lowest BCUT2D eigenvalue weighted by molar-refractivity contribution is -0.138. The summed E-state index contributed by atoms with van der Waals surface area (Å²) >= 11 is 0. The number of benzene rings is 3. The molecule has 0 spiro atoms. The molecule has 0 saturated carbocycles. The highest BCUT2D eigenvalue weighted by atomic mass is 19.1. The van der Waals surface area contributed by atoms with Gasteiger partial charge in [-0.15, -0.1) is 0 Å². The highest BCUT2D eigenvalue weighted by molar-refractivity contribution is 6.08. The second-order valence-electron chi connectivity index (χ2n) is 13.7. The van der Waals surface area contributed by atoms with E-state index in [0.29, 0.717) is 5.56 Å². The molecular weight excluding hydrogens is 770 g/mol. The van der Waals surface area contributed by atoms with Gasteiger partial charge in [-0.05, 0) is 77.2 Å². The van der Waals surface area contributed by atoms with Crippen molar-refractivity contribution < 1.29 is 77.3 Å². The molecule has 0 bridgehead atoms. The van der Waals surface area contributed by atoms with Gasteiger partial charge in [-0.3, -0.25) is 28.8 Å². The van der Waals surface area contributed by atoms with Crippen molar-refractivity contribution in [1.82, 2.24) is 0 Å². The maximum atomic E-state index is 15.2. The lowest BCUT2D eigenvalue weighted by Gasteiger charge is -2.39. The average molecular weight is 807 g/mol. The summed E-state index contributed by atoms with van der Waals surface area (Å²) in [6.45, 7) is 1.19. The minimum Gasteiger partial charge on any atom is -0.505 e. The average Bonchev–Trinajstić information content (AvgIpc) is 3.11. The Hall–Kier alpha value is -7.24. The maximum absolute atomic E-state index is 15.2. The Bertz CT molecular complexity index is 2300. The number of aliphatic carboxylic acids is 4. The van der Waals surface area contributed by atoms with E-state index in [2.05, 4.69) is 0 Å². The highest BCUT2D eigenvalue weighted by Crippen LogP contribution is 2.53. The zero-order chi connectivity index (χ0) is 42.6. The molecule has 5 rings (SSSR count). The predicted molar refractivity (Wildman–Crippen MR) is 200 cm³/mol. The number of anilines is 2. The molecule has 5 N–H and O–H groups in total. The number of carboxylic acids is 4. The van der Waals surface area contributed by atoms with Crippen LogP contribution in [0.1, 0.15) is 36.1 Å². The second kappa shape index (κ2) is 16.9. The Morgan fingerprint density at radius 2 is 1.29 bits per heavy atom. The lowest BCUT2D eigenvalue weighted by atomic mass is 9.64. The third kappa shape index (κ3) is 8.90. The third-order valence-corrected chi connectivity index (χ3v) is 9.25. The summed E-state index contributed by atoms with van der Waals surface area (Å²) in [6, 6.07) is 9.05. The van der Waals surface area contributed by atoms with Crippen LogP contribution in [-0.2, 0) is 34.2 Å². The van der Waals surface area contributed by atoms with Crippen molar-refractivity contribution in [3.05, 3.63) is 99.7 Å². The van der Waals surface area contributed by atoms with Crippen molar-refractivity contribution in [2.45, 2.75) is 26.2 Å². The van der Waals surface area contributed by atoms with Gasteiger partial charge in [0, 0.05) is 22.6 Å². The molecule has 0 aromatic heterocycles. The first-order chi connectivity index (χ1) is 27.3. The third-order valence-electron chi connectivity index (χ3n) is 9.25. The minimum absolute atomic E-state index is 0.00370. The number of aryl methyl sites for hydroxylation is 1. The largest absolute Gasteiger partial charge is 0.505 e. The van der Waals surface area contributed by atoms with E-state index >= 15 is 8.78 Å². The maximum Gasteiger partial charge on any atom is 0.323 e. The minimum atomic E-state index is -1.46. The number of phenols is 1. The van der Waals surface area contributed by atoms with Gasteiger partial charge in [0.15, 0.2) is 17.4 Å². The number of nitrogens with zero attached hydrogens (tertiary/aromatic N) is 2. The lowest BCUT2D eigenvalue weighted by Crippen LogP contribution is -2.35. The molecule has 3 aromatic rings. The van der Waals surface area contributed by atoms with Crippen molar-refractivity contribution >= 4 is 53.1 Å². The van der Waals surface area contributed by atoms with Gasteiger partial charge >= 0.3 is 23.9 Å². The van der Waals surface area contributed by atoms with Crippen LogP contribution in [0.2, 0.25) is 0 Å². The van der Waals surface area contributed by atoms with E-state index in [9.17, 15) is 54.3 Å². The number of hydrogen-bond donors (Lipinski definition) is 5. The molecule has 58 heavy (non-hydrogen) atoms. The summed E-state index contributed by atoms with van der Waals surface area (Å²) in [5, 5.41) is 48.7. The van der Waals surface area contributed by atoms with E-state index in [-0.39, 0.29) is 81.7 Å². The Balaban J connectivity index is 1.68. The van der Waals surface area contributed by atoms with Gasteiger partial charge in [-0.25, -0.2) is 8.78 Å². The van der Waals surface area contributed by atoms with Crippen LogP contribution >= 0.6 is 0 Å². The van der Waals surface area contributed by atoms with Crippen LogP contribution in [0.4, 0.5) is 20.2 Å². The number of carboxylic acid groups (broad SMARTS) is 4. The predicted octanol–water partition coefficient (Wildman–Crippen LogP) is 4.24. The molecule has 0 atom stereocenters. The number of phenolic OH excluding ortho intramolecular Hbond substituents is 1. The summed E-state index contributed by atoms with van der Waals surface area (Å²) in [6.07, 6.45) is 1.97. The fraction of sp³-hybridized carbons (Fsp3) is 0.250. The first-order valence-corrected chi connectivity index (χ1v) is 17.3. The summed E-state index contributed by atoms with van der Waals surface area (Å²) in [7, 11) is 0. The molecule has 2 aliphatic rings. The molecule has 2 aliphatic carbocycles. The Morgan fingerprint density at radius 3 is 1.84 bits per heavy atom. The van der Waals surface area contributed by atoms with Gasteiger partial charge in [0.2, 0.25) is 5.78 Å². The Labute approximate surface area is 328 Å².